The highest BCUT2D eigenvalue weighted by Gasteiger charge is 2.31. The van der Waals surface area contributed by atoms with E-state index in [1.54, 1.807) is 19.3 Å². The van der Waals surface area contributed by atoms with E-state index in [4.69, 9.17) is 4.74 Å². The number of allylic oxidation sites excluding steroid dienone is 4. The average molecular weight is 405 g/mol. The van der Waals surface area contributed by atoms with E-state index in [2.05, 4.69) is 17.2 Å². The zero-order valence-electron chi connectivity index (χ0n) is 15.8. The Hall–Kier alpha value is -2.41. The number of benzene rings is 1. The Kier molecular flexibility index (Phi) is 7.57. The Morgan fingerprint density at radius 3 is 2.64 bits per heavy atom. The lowest BCUT2D eigenvalue weighted by Gasteiger charge is -2.28. The van der Waals surface area contributed by atoms with Crippen molar-refractivity contribution in [3.63, 3.8) is 0 Å². The van der Waals surface area contributed by atoms with Crippen molar-refractivity contribution in [3.8, 4) is 5.75 Å². The number of hydrogen-bond acceptors (Lipinski definition) is 5. The molecule has 2 aliphatic rings. The van der Waals surface area contributed by atoms with Gasteiger partial charge in [-0.15, -0.1) is 12.4 Å². The van der Waals surface area contributed by atoms with Crippen molar-refractivity contribution in [2.45, 2.75) is 25.5 Å². The van der Waals surface area contributed by atoms with Crippen molar-refractivity contribution in [2.24, 2.45) is 10.9 Å². The van der Waals surface area contributed by atoms with Gasteiger partial charge < -0.3 is 20.3 Å². The molecule has 7 heteroatoms. The number of nitrogens with zero attached hydrogens (tertiary/aromatic N) is 1. The maximum atomic E-state index is 11.5. The first-order valence-electron chi connectivity index (χ1n) is 8.94. The summed E-state index contributed by atoms with van der Waals surface area (Å²) in [6.45, 7) is 2.42. The molecule has 3 rings (SSSR count). The van der Waals surface area contributed by atoms with Crippen LogP contribution in [0.4, 0.5) is 0 Å². The van der Waals surface area contributed by atoms with Crippen molar-refractivity contribution < 1.29 is 19.7 Å². The third kappa shape index (κ3) is 5.10. The summed E-state index contributed by atoms with van der Waals surface area (Å²) in [6.07, 6.45) is 6.28. The number of aliphatic hydroxyl groups is 2. The monoisotopic (exact) mass is 404 g/mol. The van der Waals surface area contributed by atoms with E-state index in [1.807, 2.05) is 24.3 Å². The lowest BCUT2D eigenvalue weighted by Crippen LogP contribution is -2.39. The second-order valence-corrected chi connectivity index (χ2v) is 6.77. The number of aliphatic imine (C=N–C) groups is 1. The minimum absolute atomic E-state index is 0. The largest absolute Gasteiger partial charge is 0.506 e. The summed E-state index contributed by atoms with van der Waals surface area (Å²) in [5, 5.41) is 23.9. The number of aliphatic hydroxyl groups excluding tert-OH is 2. The number of ether oxygens (including phenoxy) is 1. The van der Waals surface area contributed by atoms with Crippen molar-refractivity contribution in [3.05, 3.63) is 65.5 Å². The minimum atomic E-state index is -0.749. The normalized spacial score (nSPS) is 20.2. The van der Waals surface area contributed by atoms with Crippen LogP contribution in [0.25, 0.3) is 0 Å². The molecule has 0 saturated carbocycles. The van der Waals surface area contributed by atoms with Crippen LogP contribution in [0.3, 0.4) is 0 Å². The van der Waals surface area contributed by atoms with Gasteiger partial charge in [0.2, 0.25) is 0 Å². The van der Waals surface area contributed by atoms with Crippen LogP contribution in [-0.4, -0.2) is 47.6 Å². The molecule has 0 aromatic heterocycles. The molecular weight excluding hydrogens is 380 g/mol. The van der Waals surface area contributed by atoms with Gasteiger partial charge in [-0.25, -0.2) is 4.99 Å². The highest BCUT2D eigenvalue weighted by atomic mass is 35.5. The van der Waals surface area contributed by atoms with Gasteiger partial charge in [0, 0.05) is 24.6 Å². The molecule has 150 valence electrons. The quantitative estimate of drug-likeness (QED) is 0.649. The first-order chi connectivity index (χ1) is 13.0. The van der Waals surface area contributed by atoms with Crippen LogP contribution < -0.4 is 10.1 Å². The van der Waals surface area contributed by atoms with Gasteiger partial charge in [0.1, 0.15) is 11.5 Å². The smallest absolute Gasteiger partial charge is 0.269 e. The van der Waals surface area contributed by atoms with Crippen LogP contribution in [0.5, 0.6) is 5.75 Å². The summed E-state index contributed by atoms with van der Waals surface area (Å²) in [6, 6.07) is 8.08. The number of hydrogen-bond donors (Lipinski definition) is 3. The number of carbonyl (C=O) groups excluding carboxylic acids is 1. The Morgan fingerprint density at radius 2 is 1.96 bits per heavy atom. The van der Waals surface area contributed by atoms with E-state index in [0.29, 0.717) is 17.8 Å². The first kappa shape index (κ1) is 21.9. The molecule has 1 aliphatic heterocycles. The van der Waals surface area contributed by atoms with Crippen LogP contribution in [0.15, 0.2) is 64.9 Å². The van der Waals surface area contributed by atoms with Gasteiger partial charge in [-0.1, -0.05) is 24.3 Å². The predicted octanol–water partition coefficient (Wildman–Crippen LogP) is 2.53. The van der Waals surface area contributed by atoms with E-state index >= 15 is 0 Å². The maximum absolute atomic E-state index is 11.5. The minimum Gasteiger partial charge on any atom is -0.506 e. The average Bonchev–Trinajstić information content (AvgIpc) is 2.67. The number of carbonyl (C=O) groups is 1. The molecular formula is C21H25ClN2O4. The van der Waals surface area contributed by atoms with Gasteiger partial charge in [0.15, 0.2) is 0 Å². The Balaban J connectivity index is 0.00000280. The van der Waals surface area contributed by atoms with Gasteiger partial charge in [-0.05, 0) is 42.7 Å². The molecule has 1 amide bonds. The fraction of sp³-hybridized carbons (Fsp3) is 0.333. The molecule has 0 radical (unpaired) electrons. The van der Waals surface area contributed by atoms with Crippen LogP contribution in [-0.2, 0) is 11.2 Å². The van der Waals surface area contributed by atoms with Crippen LogP contribution in [0, 0.1) is 5.92 Å². The highest BCUT2D eigenvalue weighted by molar-refractivity contribution is 6.13. The Labute approximate surface area is 170 Å². The number of amides is 1. The highest BCUT2D eigenvalue weighted by Crippen LogP contribution is 2.28. The van der Waals surface area contributed by atoms with Crippen molar-refractivity contribution >= 4 is 24.0 Å². The molecule has 6 nitrogen and oxygen atoms in total. The molecule has 1 heterocycles. The number of fused-ring (bicyclic) bond motifs is 1. The molecule has 1 aromatic carbocycles. The maximum Gasteiger partial charge on any atom is 0.269 e. The lowest BCUT2D eigenvalue weighted by molar-refractivity contribution is -0.113. The SMILES string of the molecule is COc1ccc(CC(C)NCC(O)C2=CC=C(O)C3=NC(=O)C=CC23)cc1.Cl. The standard InChI is InChI=1S/C21H24N2O4.ClH/c1-13(11-14-3-5-15(27-2)6-4-14)22-12-19(25)16-7-9-18(24)21-17(16)8-10-20(26)23-21;/h3-10,13,17,19,22,24-25H,11-12H2,1-2H3;1H. The second-order valence-electron chi connectivity index (χ2n) is 6.77. The van der Waals surface area contributed by atoms with Crippen molar-refractivity contribution in [1.29, 1.82) is 0 Å². The van der Waals surface area contributed by atoms with Crippen molar-refractivity contribution in [1.82, 2.24) is 5.32 Å². The first-order valence-corrected chi connectivity index (χ1v) is 8.94. The van der Waals surface area contributed by atoms with Gasteiger partial charge in [-0.2, -0.15) is 0 Å². The number of halogens is 1. The summed E-state index contributed by atoms with van der Waals surface area (Å²) in [7, 11) is 1.64. The number of nitrogens with one attached hydrogen (secondary N) is 1. The predicted molar refractivity (Wildman–Crippen MR) is 111 cm³/mol. The van der Waals surface area contributed by atoms with Crippen LogP contribution >= 0.6 is 12.4 Å². The van der Waals surface area contributed by atoms with Gasteiger partial charge in [0.25, 0.3) is 5.91 Å². The molecule has 1 aromatic rings. The molecule has 28 heavy (non-hydrogen) atoms. The molecule has 1 aliphatic carbocycles. The number of dihydropyridines is 1. The molecule has 3 N–H and O–H groups in total. The van der Waals surface area contributed by atoms with E-state index < -0.39 is 12.0 Å². The van der Waals surface area contributed by atoms with E-state index in [9.17, 15) is 15.0 Å². The fourth-order valence-corrected chi connectivity index (χ4v) is 3.28. The Bertz CT molecular complexity index is 827. The number of methoxy groups -OCH3 is 1. The summed E-state index contributed by atoms with van der Waals surface area (Å²) < 4.78 is 5.16. The lowest BCUT2D eigenvalue weighted by atomic mass is 9.83. The summed E-state index contributed by atoms with van der Waals surface area (Å²) in [4.78, 5) is 15.3. The number of rotatable bonds is 7. The Morgan fingerprint density at radius 1 is 1.25 bits per heavy atom. The molecule has 0 spiro atoms. The van der Waals surface area contributed by atoms with Gasteiger partial charge in [0.05, 0.1) is 18.9 Å². The summed E-state index contributed by atoms with van der Waals surface area (Å²) >= 11 is 0. The molecule has 0 fully saturated rings. The van der Waals surface area contributed by atoms with Crippen molar-refractivity contribution in [2.75, 3.05) is 13.7 Å². The van der Waals surface area contributed by atoms with E-state index in [-0.39, 0.29) is 30.1 Å². The zero-order chi connectivity index (χ0) is 19.4. The third-order valence-corrected chi connectivity index (χ3v) is 4.76. The summed E-state index contributed by atoms with van der Waals surface area (Å²) in [5.41, 5.74) is 2.18. The van der Waals surface area contributed by atoms with E-state index in [0.717, 1.165) is 12.2 Å². The van der Waals surface area contributed by atoms with Gasteiger partial charge >= 0.3 is 0 Å². The third-order valence-electron chi connectivity index (χ3n) is 4.76. The molecule has 3 atom stereocenters. The van der Waals surface area contributed by atoms with Gasteiger partial charge in [-0.3, -0.25) is 4.79 Å². The molecule has 3 unspecified atom stereocenters. The van der Waals surface area contributed by atoms with Crippen LogP contribution in [0.2, 0.25) is 0 Å². The summed E-state index contributed by atoms with van der Waals surface area (Å²) in [5.74, 6) is 0.0193. The zero-order valence-corrected chi connectivity index (χ0v) is 16.6. The second kappa shape index (κ2) is 9.68. The van der Waals surface area contributed by atoms with E-state index in [1.165, 1.54) is 17.7 Å². The molecule has 0 bridgehead atoms. The van der Waals surface area contributed by atoms with Crippen LogP contribution in [0.1, 0.15) is 12.5 Å². The topological polar surface area (TPSA) is 91.2 Å². The molecule has 0 saturated heterocycles. The fourth-order valence-electron chi connectivity index (χ4n) is 3.28.